The second-order valence-corrected chi connectivity index (χ2v) is 9.52. The number of hydrogen-bond donors (Lipinski definition) is 3. The summed E-state index contributed by atoms with van der Waals surface area (Å²) in [6.07, 6.45) is 6.45. The molecular weight excluding hydrogens is 286 g/mol. The maximum Gasteiger partial charge on any atom is 0.0836 e. The lowest BCUT2D eigenvalue weighted by molar-refractivity contribution is -0.210. The number of allylic oxidation sites excluding steroid dienone is 1. The normalized spacial score (nSPS) is 59.2. The van der Waals surface area contributed by atoms with Gasteiger partial charge in [-0.05, 0) is 79.4 Å². The van der Waals surface area contributed by atoms with Crippen LogP contribution in [0.15, 0.2) is 12.2 Å². The van der Waals surface area contributed by atoms with E-state index in [1.165, 1.54) is 18.4 Å². The van der Waals surface area contributed by atoms with Gasteiger partial charge in [0.1, 0.15) is 0 Å². The van der Waals surface area contributed by atoms with Crippen molar-refractivity contribution in [2.24, 2.45) is 40.2 Å². The van der Waals surface area contributed by atoms with Gasteiger partial charge in [0.15, 0.2) is 0 Å². The standard InChI is InChI=1S/C20H33NO2/c1-11-4-5-13-16-14(7-9-19(11,13)2)20(3)8-6-12(21)10-15(20)17(22)18(16)23/h12-18,22-23H,1,4-10,21H2,2-3H3/t12?,13-,14+,15?,16-,17?,18?,19+,20+/m0/s1. The third-order valence-electron chi connectivity index (χ3n) is 8.75. The minimum atomic E-state index is -0.608. The summed E-state index contributed by atoms with van der Waals surface area (Å²) in [4.78, 5) is 0. The Labute approximate surface area is 140 Å². The van der Waals surface area contributed by atoms with Crippen molar-refractivity contribution >= 4 is 0 Å². The monoisotopic (exact) mass is 319 g/mol. The van der Waals surface area contributed by atoms with Crippen molar-refractivity contribution < 1.29 is 10.2 Å². The molecule has 0 aromatic rings. The molecular formula is C20H33NO2. The van der Waals surface area contributed by atoms with E-state index in [2.05, 4.69) is 20.4 Å². The van der Waals surface area contributed by atoms with Gasteiger partial charge in [-0.15, -0.1) is 0 Å². The van der Waals surface area contributed by atoms with Crippen molar-refractivity contribution in [3.63, 3.8) is 0 Å². The van der Waals surface area contributed by atoms with Crippen molar-refractivity contribution in [2.75, 3.05) is 0 Å². The average Bonchev–Trinajstić information content (AvgIpc) is 2.82. The van der Waals surface area contributed by atoms with Crippen LogP contribution in [-0.2, 0) is 0 Å². The fraction of sp³-hybridized carbons (Fsp3) is 0.900. The molecule has 9 atom stereocenters. The molecule has 130 valence electrons. The van der Waals surface area contributed by atoms with Gasteiger partial charge in [-0.3, -0.25) is 0 Å². The molecule has 4 saturated carbocycles. The van der Waals surface area contributed by atoms with Crippen molar-refractivity contribution in [1.29, 1.82) is 0 Å². The van der Waals surface area contributed by atoms with Gasteiger partial charge >= 0.3 is 0 Å². The molecule has 0 aromatic carbocycles. The molecule has 0 amide bonds. The van der Waals surface area contributed by atoms with E-state index in [4.69, 9.17) is 5.73 Å². The van der Waals surface area contributed by atoms with Crippen molar-refractivity contribution in [2.45, 2.75) is 77.0 Å². The summed E-state index contributed by atoms with van der Waals surface area (Å²) < 4.78 is 0. The molecule has 0 heterocycles. The van der Waals surface area contributed by atoms with Gasteiger partial charge in [0.25, 0.3) is 0 Å². The molecule has 23 heavy (non-hydrogen) atoms. The predicted molar refractivity (Wildman–Crippen MR) is 91.6 cm³/mol. The minimum Gasteiger partial charge on any atom is -0.390 e. The lowest BCUT2D eigenvalue weighted by Crippen LogP contribution is -2.64. The summed E-state index contributed by atoms with van der Waals surface area (Å²) in [5.41, 5.74) is 7.89. The van der Waals surface area contributed by atoms with Crippen molar-refractivity contribution in [1.82, 2.24) is 0 Å². The molecule has 0 aromatic heterocycles. The highest BCUT2D eigenvalue weighted by Crippen LogP contribution is 2.66. The SMILES string of the molecule is C=C1CC[C@H]2[C@@H]3C(O)C(O)C4CC(N)CC[C@]4(C)[C@@H]3CC[C@]12C. The minimum absolute atomic E-state index is 0.143. The quantitative estimate of drug-likeness (QED) is 0.602. The van der Waals surface area contributed by atoms with Gasteiger partial charge in [0.2, 0.25) is 0 Å². The van der Waals surface area contributed by atoms with Crippen LogP contribution >= 0.6 is 0 Å². The highest BCUT2D eigenvalue weighted by molar-refractivity contribution is 5.23. The summed E-state index contributed by atoms with van der Waals surface area (Å²) in [5, 5.41) is 22.0. The Bertz CT molecular complexity index is 520. The number of aliphatic hydroxyl groups is 2. The predicted octanol–water partition coefficient (Wildman–Crippen LogP) is 2.85. The van der Waals surface area contributed by atoms with E-state index in [1.54, 1.807) is 0 Å². The largest absolute Gasteiger partial charge is 0.390 e. The van der Waals surface area contributed by atoms with Gasteiger partial charge in [-0.1, -0.05) is 26.0 Å². The van der Waals surface area contributed by atoms with Crippen molar-refractivity contribution in [3.05, 3.63) is 12.2 Å². The van der Waals surface area contributed by atoms with Crippen LogP contribution in [0.1, 0.15) is 58.8 Å². The summed E-state index contributed by atoms with van der Waals surface area (Å²) in [6.45, 7) is 9.07. The molecule has 4 N–H and O–H groups in total. The Morgan fingerprint density at radius 1 is 1.00 bits per heavy atom. The maximum atomic E-state index is 11.0. The van der Waals surface area contributed by atoms with E-state index in [0.717, 1.165) is 32.1 Å². The third-order valence-corrected chi connectivity index (χ3v) is 8.75. The van der Waals surface area contributed by atoms with Gasteiger partial charge < -0.3 is 15.9 Å². The lowest BCUT2D eigenvalue weighted by atomic mass is 9.43. The van der Waals surface area contributed by atoms with Crippen LogP contribution in [0.5, 0.6) is 0 Å². The molecule has 4 aliphatic carbocycles. The van der Waals surface area contributed by atoms with Crippen LogP contribution in [0.4, 0.5) is 0 Å². The Balaban J connectivity index is 1.73. The zero-order valence-electron chi connectivity index (χ0n) is 14.7. The molecule has 3 nitrogen and oxygen atoms in total. The maximum absolute atomic E-state index is 11.0. The smallest absolute Gasteiger partial charge is 0.0836 e. The van der Waals surface area contributed by atoms with Gasteiger partial charge in [0, 0.05) is 6.04 Å². The average molecular weight is 319 g/mol. The van der Waals surface area contributed by atoms with E-state index in [0.29, 0.717) is 11.8 Å². The van der Waals surface area contributed by atoms with Gasteiger partial charge in [-0.2, -0.15) is 0 Å². The van der Waals surface area contributed by atoms with E-state index in [9.17, 15) is 10.2 Å². The molecule has 4 aliphatic rings. The molecule has 0 aliphatic heterocycles. The fourth-order valence-corrected chi connectivity index (χ4v) is 7.20. The Morgan fingerprint density at radius 3 is 2.48 bits per heavy atom. The molecule has 0 saturated heterocycles. The molecule has 4 unspecified atom stereocenters. The lowest BCUT2D eigenvalue weighted by Gasteiger charge is -2.63. The summed E-state index contributed by atoms with van der Waals surface area (Å²) in [6, 6.07) is 0.187. The van der Waals surface area contributed by atoms with Gasteiger partial charge in [0.05, 0.1) is 12.2 Å². The Kier molecular flexibility index (Phi) is 3.54. The van der Waals surface area contributed by atoms with E-state index in [-0.39, 0.29) is 28.7 Å². The number of hydrogen-bond acceptors (Lipinski definition) is 3. The van der Waals surface area contributed by atoms with Crippen LogP contribution in [0.2, 0.25) is 0 Å². The van der Waals surface area contributed by atoms with Crippen LogP contribution in [0, 0.1) is 34.5 Å². The van der Waals surface area contributed by atoms with Crippen LogP contribution in [-0.4, -0.2) is 28.5 Å². The molecule has 3 heteroatoms. The van der Waals surface area contributed by atoms with E-state index in [1.807, 2.05) is 0 Å². The highest BCUT2D eigenvalue weighted by atomic mass is 16.3. The third kappa shape index (κ3) is 1.99. The zero-order chi connectivity index (χ0) is 16.6. The molecule has 4 rings (SSSR count). The number of fused-ring (bicyclic) bond motifs is 5. The first-order valence-corrected chi connectivity index (χ1v) is 9.59. The first kappa shape index (κ1) is 16.1. The van der Waals surface area contributed by atoms with Crippen LogP contribution < -0.4 is 5.73 Å². The van der Waals surface area contributed by atoms with Crippen LogP contribution in [0.25, 0.3) is 0 Å². The van der Waals surface area contributed by atoms with Crippen molar-refractivity contribution in [3.8, 4) is 0 Å². The zero-order valence-corrected chi connectivity index (χ0v) is 14.7. The molecule has 0 spiro atoms. The van der Waals surface area contributed by atoms with Gasteiger partial charge in [-0.25, -0.2) is 0 Å². The highest BCUT2D eigenvalue weighted by Gasteiger charge is 2.63. The number of nitrogens with two attached hydrogens (primary N) is 1. The fourth-order valence-electron chi connectivity index (χ4n) is 7.20. The second kappa shape index (κ2) is 5.06. The van der Waals surface area contributed by atoms with E-state index >= 15 is 0 Å². The van der Waals surface area contributed by atoms with Crippen LogP contribution in [0.3, 0.4) is 0 Å². The Morgan fingerprint density at radius 2 is 1.74 bits per heavy atom. The topological polar surface area (TPSA) is 66.5 Å². The first-order valence-electron chi connectivity index (χ1n) is 9.59. The Hall–Kier alpha value is -0.380. The second-order valence-electron chi connectivity index (χ2n) is 9.52. The summed E-state index contributed by atoms with van der Waals surface area (Å²) >= 11 is 0. The summed E-state index contributed by atoms with van der Waals surface area (Å²) in [5.74, 6) is 1.42. The number of rotatable bonds is 0. The molecule has 4 fully saturated rings. The van der Waals surface area contributed by atoms with E-state index < -0.39 is 12.2 Å². The first-order chi connectivity index (χ1) is 10.8. The molecule has 0 radical (unpaired) electrons. The molecule has 0 bridgehead atoms. The summed E-state index contributed by atoms with van der Waals surface area (Å²) in [7, 11) is 0. The number of aliphatic hydroxyl groups excluding tert-OH is 2.